The molecule has 0 aliphatic heterocycles. The van der Waals surface area contributed by atoms with E-state index in [0.29, 0.717) is 19.5 Å². The molecule has 0 aliphatic rings. The quantitative estimate of drug-likeness (QED) is 0.567. The summed E-state index contributed by atoms with van der Waals surface area (Å²) >= 11 is 0. The standard InChI is InChI=1S/C17H24FN3O5/c1-17(2,3)26-16(23)20(5)10-6-9-19(4)15(22)12-7-8-14(21(24)25)13(18)11-12/h7-8,11H,6,9-10H2,1-5H3. The lowest BCUT2D eigenvalue weighted by molar-refractivity contribution is -0.387. The van der Waals surface area contributed by atoms with Gasteiger partial charge in [-0.25, -0.2) is 4.79 Å². The molecule has 0 unspecified atom stereocenters. The molecule has 0 fully saturated rings. The number of nitrogens with zero attached hydrogens (tertiary/aromatic N) is 3. The van der Waals surface area contributed by atoms with Crippen molar-refractivity contribution in [3.63, 3.8) is 0 Å². The molecule has 0 bridgehead atoms. The van der Waals surface area contributed by atoms with E-state index in [2.05, 4.69) is 0 Å². The van der Waals surface area contributed by atoms with Crippen molar-refractivity contribution in [3.05, 3.63) is 39.7 Å². The Balaban J connectivity index is 2.56. The van der Waals surface area contributed by atoms with Gasteiger partial charge in [0.1, 0.15) is 5.60 Å². The maximum atomic E-state index is 13.6. The van der Waals surface area contributed by atoms with E-state index in [1.807, 2.05) is 0 Å². The summed E-state index contributed by atoms with van der Waals surface area (Å²) in [6.07, 6.45) is 0.0388. The summed E-state index contributed by atoms with van der Waals surface area (Å²) in [5.41, 5.74) is -1.24. The Bertz CT molecular complexity index is 687. The second-order valence-corrected chi connectivity index (χ2v) is 6.91. The van der Waals surface area contributed by atoms with Crippen LogP contribution in [0.5, 0.6) is 0 Å². The molecular formula is C17H24FN3O5. The molecule has 2 amide bonds. The van der Waals surface area contributed by atoms with Crippen LogP contribution in [0.15, 0.2) is 18.2 Å². The van der Waals surface area contributed by atoms with E-state index in [4.69, 9.17) is 4.74 Å². The number of benzene rings is 1. The van der Waals surface area contributed by atoms with Gasteiger partial charge in [0.25, 0.3) is 5.91 Å². The maximum absolute atomic E-state index is 13.6. The highest BCUT2D eigenvalue weighted by Gasteiger charge is 2.21. The number of rotatable bonds is 6. The maximum Gasteiger partial charge on any atom is 0.410 e. The second kappa shape index (κ2) is 8.59. The van der Waals surface area contributed by atoms with Gasteiger partial charge in [-0.15, -0.1) is 0 Å². The molecule has 8 nitrogen and oxygen atoms in total. The molecule has 0 N–H and O–H groups in total. The topological polar surface area (TPSA) is 93.0 Å². The number of halogens is 1. The predicted octanol–water partition coefficient (Wildman–Crippen LogP) is 3.06. The van der Waals surface area contributed by atoms with Crippen molar-refractivity contribution in [3.8, 4) is 0 Å². The molecule has 0 aliphatic carbocycles. The summed E-state index contributed by atoms with van der Waals surface area (Å²) in [5, 5.41) is 10.6. The van der Waals surface area contributed by atoms with Crippen molar-refractivity contribution in [1.82, 2.24) is 9.80 Å². The number of carbonyl (C=O) groups is 2. The molecule has 0 saturated heterocycles. The smallest absolute Gasteiger partial charge is 0.410 e. The first-order valence-electron chi connectivity index (χ1n) is 8.06. The Labute approximate surface area is 151 Å². The molecule has 1 aromatic rings. The minimum Gasteiger partial charge on any atom is -0.444 e. The van der Waals surface area contributed by atoms with Crippen LogP contribution >= 0.6 is 0 Å². The summed E-state index contributed by atoms with van der Waals surface area (Å²) in [7, 11) is 3.14. The number of carbonyl (C=O) groups excluding carboxylic acids is 2. The van der Waals surface area contributed by atoms with Crippen molar-refractivity contribution in [2.75, 3.05) is 27.2 Å². The number of hydrogen-bond acceptors (Lipinski definition) is 5. The molecule has 144 valence electrons. The first-order chi connectivity index (χ1) is 11.9. The molecule has 1 aromatic carbocycles. The van der Waals surface area contributed by atoms with Gasteiger partial charge >= 0.3 is 11.8 Å². The van der Waals surface area contributed by atoms with Gasteiger partial charge in [-0.05, 0) is 39.3 Å². The Hall–Kier alpha value is -2.71. The molecule has 0 spiro atoms. The van der Waals surface area contributed by atoms with E-state index >= 15 is 0 Å². The predicted molar refractivity (Wildman–Crippen MR) is 93.5 cm³/mol. The van der Waals surface area contributed by atoms with Crippen LogP contribution in [0.25, 0.3) is 0 Å². The Morgan fingerprint density at radius 2 is 1.77 bits per heavy atom. The first kappa shape index (κ1) is 21.3. The average Bonchev–Trinajstić information content (AvgIpc) is 2.51. The third kappa shape index (κ3) is 6.30. The van der Waals surface area contributed by atoms with Crippen LogP contribution in [0.2, 0.25) is 0 Å². The lowest BCUT2D eigenvalue weighted by Crippen LogP contribution is -2.36. The van der Waals surface area contributed by atoms with E-state index in [9.17, 15) is 24.1 Å². The molecular weight excluding hydrogens is 345 g/mol. The fourth-order valence-electron chi connectivity index (χ4n) is 2.09. The number of amides is 2. The van der Waals surface area contributed by atoms with Crippen LogP contribution in [0.1, 0.15) is 37.6 Å². The van der Waals surface area contributed by atoms with Crippen LogP contribution in [0, 0.1) is 15.9 Å². The highest BCUT2D eigenvalue weighted by Crippen LogP contribution is 2.19. The fraction of sp³-hybridized carbons (Fsp3) is 0.529. The third-order valence-corrected chi connectivity index (χ3v) is 3.43. The molecule has 0 radical (unpaired) electrons. The van der Waals surface area contributed by atoms with E-state index in [0.717, 1.165) is 12.1 Å². The van der Waals surface area contributed by atoms with Crippen molar-refractivity contribution in [1.29, 1.82) is 0 Å². The SMILES string of the molecule is CN(CCCN(C)C(=O)c1ccc([N+](=O)[O-])c(F)c1)C(=O)OC(C)(C)C. The zero-order valence-corrected chi connectivity index (χ0v) is 15.6. The minimum absolute atomic E-state index is 0.0242. The van der Waals surface area contributed by atoms with E-state index in [1.54, 1.807) is 27.8 Å². The summed E-state index contributed by atoms with van der Waals surface area (Å²) in [5.74, 6) is -1.52. The second-order valence-electron chi connectivity index (χ2n) is 6.91. The molecule has 0 saturated carbocycles. The van der Waals surface area contributed by atoms with Crippen molar-refractivity contribution < 1.29 is 23.6 Å². The highest BCUT2D eigenvalue weighted by molar-refractivity contribution is 5.94. The molecule has 1 rings (SSSR count). The van der Waals surface area contributed by atoms with Gasteiger partial charge in [0, 0.05) is 38.8 Å². The zero-order valence-electron chi connectivity index (χ0n) is 15.6. The van der Waals surface area contributed by atoms with Gasteiger partial charge in [-0.2, -0.15) is 4.39 Å². The van der Waals surface area contributed by atoms with Crippen LogP contribution in [0.3, 0.4) is 0 Å². The lowest BCUT2D eigenvalue weighted by Gasteiger charge is -2.25. The van der Waals surface area contributed by atoms with Crippen LogP contribution in [0.4, 0.5) is 14.9 Å². The van der Waals surface area contributed by atoms with Gasteiger partial charge in [0.15, 0.2) is 0 Å². The van der Waals surface area contributed by atoms with Gasteiger partial charge in [0.05, 0.1) is 4.92 Å². The molecule has 0 aromatic heterocycles. The average molecular weight is 369 g/mol. The lowest BCUT2D eigenvalue weighted by atomic mass is 10.1. The Morgan fingerprint density at radius 1 is 1.19 bits per heavy atom. The van der Waals surface area contributed by atoms with Crippen LogP contribution < -0.4 is 0 Å². The number of nitro benzene ring substituents is 1. The largest absolute Gasteiger partial charge is 0.444 e. The van der Waals surface area contributed by atoms with Gasteiger partial charge in [-0.3, -0.25) is 14.9 Å². The Kier molecular flexibility index (Phi) is 7.05. The summed E-state index contributed by atoms with van der Waals surface area (Å²) < 4.78 is 18.9. The third-order valence-electron chi connectivity index (χ3n) is 3.43. The molecule has 0 heterocycles. The summed E-state index contributed by atoms with van der Waals surface area (Å²) in [6.45, 7) is 6.02. The van der Waals surface area contributed by atoms with Crippen molar-refractivity contribution >= 4 is 17.7 Å². The Morgan fingerprint density at radius 3 is 2.27 bits per heavy atom. The highest BCUT2D eigenvalue weighted by atomic mass is 19.1. The fourth-order valence-corrected chi connectivity index (χ4v) is 2.09. The first-order valence-corrected chi connectivity index (χ1v) is 8.06. The minimum atomic E-state index is -1.06. The van der Waals surface area contributed by atoms with Gasteiger partial charge < -0.3 is 14.5 Å². The molecule has 9 heteroatoms. The molecule has 26 heavy (non-hydrogen) atoms. The van der Waals surface area contributed by atoms with Crippen molar-refractivity contribution in [2.24, 2.45) is 0 Å². The monoisotopic (exact) mass is 369 g/mol. The summed E-state index contributed by atoms with van der Waals surface area (Å²) in [6, 6.07) is 3.03. The van der Waals surface area contributed by atoms with Crippen molar-refractivity contribution in [2.45, 2.75) is 32.8 Å². The van der Waals surface area contributed by atoms with Crippen LogP contribution in [-0.2, 0) is 4.74 Å². The van der Waals surface area contributed by atoms with E-state index in [-0.39, 0.29) is 5.56 Å². The van der Waals surface area contributed by atoms with E-state index in [1.165, 1.54) is 22.9 Å². The van der Waals surface area contributed by atoms with Crippen LogP contribution in [-0.4, -0.2) is 59.5 Å². The zero-order chi connectivity index (χ0) is 20.1. The van der Waals surface area contributed by atoms with E-state index < -0.39 is 34.0 Å². The number of nitro groups is 1. The van der Waals surface area contributed by atoms with Gasteiger partial charge in [0.2, 0.25) is 5.82 Å². The summed E-state index contributed by atoms with van der Waals surface area (Å²) in [4.78, 5) is 36.6. The number of ether oxygens (including phenoxy) is 1. The van der Waals surface area contributed by atoms with Gasteiger partial charge in [-0.1, -0.05) is 0 Å². The normalized spacial score (nSPS) is 11.0. The number of hydrogen-bond donors (Lipinski definition) is 0. The molecule has 0 atom stereocenters.